The number of H-pyrrole nitrogens is 1. The number of aromatic nitrogens is 3. The first-order valence-corrected chi connectivity index (χ1v) is 8.79. The molecule has 3 heterocycles. The summed E-state index contributed by atoms with van der Waals surface area (Å²) >= 11 is 17.5. The summed E-state index contributed by atoms with van der Waals surface area (Å²) in [4.78, 5) is 40.0. The summed E-state index contributed by atoms with van der Waals surface area (Å²) < 4.78 is 10.3. The van der Waals surface area contributed by atoms with Gasteiger partial charge >= 0.3 is 5.97 Å². The van der Waals surface area contributed by atoms with E-state index in [9.17, 15) is 14.4 Å². The quantitative estimate of drug-likeness (QED) is 0.590. The topological polar surface area (TPSA) is 127 Å². The molecule has 2 N–H and O–H groups in total. The van der Waals surface area contributed by atoms with Gasteiger partial charge in [0.25, 0.3) is 11.5 Å². The van der Waals surface area contributed by atoms with Crippen LogP contribution in [0.5, 0.6) is 0 Å². The van der Waals surface area contributed by atoms with E-state index in [0.717, 1.165) is 6.20 Å². The van der Waals surface area contributed by atoms with Crippen molar-refractivity contribution in [3.63, 3.8) is 0 Å². The summed E-state index contributed by atoms with van der Waals surface area (Å²) in [6, 6.07) is 0. The maximum atomic E-state index is 12.1. The van der Waals surface area contributed by atoms with Crippen LogP contribution >= 0.6 is 34.8 Å². The van der Waals surface area contributed by atoms with Gasteiger partial charge in [-0.25, -0.2) is 14.9 Å². The van der Waals surface area contributed by atoms with Crippen LogP contribution in [0.2, 0.25) is 15.1 Å². The molecule has 1 amide bonds. The molecule has 28 heavy (non-hydrogen) atoms. The monoisotopic (exact) mass is 444 g/mol. The standard InChI is InChI=1S/C16H11Cl3N4O5/c1-5-9-6(2)28-15(10(9)14(25)23-22-5)21-8(24)4-27-16(26)13-12(19)11(18)7(17)3-20-13/h3H,4H2,1-2H3,(H,21,24)(H,23,25). The fraction of sp³-hybridized carbons (Fsp3) is 0.188. The highest BCUT2D eigenvalue weighted by Gasteiger charge is 2.21. The number of pyridine rings is 1. The van der Waals surface area contributed by atoms with E-state index < -0.39 is 24.0 Å². The van der Waals surface area contributed by atoms with Gasteiger partial charge in [0.1, 0.15) is 11.1 Å². The highest BCUT2D eigenvalue weighted by Crippen LogP contribution is 2.31. The van der Waals surface area contributed by atoms with Crippen molar-refractivity contribution in [2.75, 3.05) is 11.9 Å². The summed E-state index contributed by atoms with van der Waals surface area (Å²) in [7, 11) is 0. The van der Waals surface area contributed by atoms with E-state index in [1.165, 1.54) is 0 Å². The molecule has 0 aliphatic rings. The fourth-order valence-corrected chi connectivity index (χ4v) is 3.04. The first-order chi connectivity index (χ1) is 13.2. The lowest BCUT2D eigenvalue weighted by Crippen LogP contribution is -2.22. The van der Waals surface area contributed by atoms with Gasteiger partial charge < -0.3 is 9.15 Å². The number of amides is 1. The zero-order chi connectivity index (χ0) is 20.6. The molecule has 146 valence electrons. The van der Waals surface area contributed by atoms with Gasteiger partial charge in [-0.15, -0.1) is 0 Å². The number of rotatable bonds is 4. The lowest BCUT2D eigenvalue weighted by atomic mass is 10.2. The van der Waals surface area contributed by atoms with Crippen molar-refractivity contribution in [1.82, 2.24) is 15.2 Å². The second kappa shape index (κ2) is 7.78. The van der Waals surface area contributed by atoms with Crippen LogP contribution in [0.1, 0.15) is 21.9 Å². The molecule has 0 aromatic carbocycles. The normalized spacial score (nSPS) is 10.9. The number of nitrogens with one attached hydrogen (secondary N) is 2. The zero-order valence-electron chi connectivity index (χ0n) is 14.4. The number of carbonyl (C=O) groups is 2. The molecule has 12 heteroatoms. The molecule has 0 atom stereocenters. The summed E-state index contributed by atoms with van der Waals surface area (Å²) in [6.07, 6.45) is 1.13. The van der Waals surface area contributed by atoms with Gasteiger partial charge in [-0.05, 0) is 13.8 Å². The van der Waals surface area contributed by atoms with Gasteiger partial charge in [0.05, 0.1) is 26.1 Å². The molecule has 0 aliphatic carbocycles. The van der Waals surface area contributed by atoms with Crippen molar-refractivity contribution < 1.29 is 18.7 Å². The summed E-state index contributed by atoms with van der Waals surface area (Å²) in [5.41, 5.74) is -0.291. The molecule has 0 bridgehead atoms. The van der Waals surface area contributed by atoms with Gasteiger partial charge in [0.15, 0.2) is 12.3 Å². The van der Waals surface area contributed by atoms with Gasteiger partial charge in [0, 0.05) is 6.20 Å². The van der Waals surface area contributed by atoms with E-state index >= 15 is 0 Å². The van der Waals surface area contributed by atoms with E-state index in [1.807, 2.05) is 0 Å². The second-order valence-corrected chi connectivity index (χ2v) is 6.75. The summed E-state index contributed by atoms with van der Waals surface area (Å²) in [5, 5.41) is 8.99. The minimum absolute atomic E-state index is 0.0598. The van der Waals surface area contributed by atoms with Crippen molar-refractivity contribution in [3.8, 4) is 0 Å². The molecule has 3 rings (SSSR count). The van der Waals surface area contributed by atoms with Gasteiger partial charge in [-0.2, -0.15) is 5.10 Å². The van der Waals surface area contributed by atoms with Gasteiger partial charge in [-0.3, -0.25) is 14.9 Å². The lowest BCUT2D eigenvalue weighted by molar-refractivity contribution is -0.119. The highest BCUT2D eigenvalue weighted by atomic mass is 35.5. The molecular weight excluding hydrogens is 435 g/mol. The number of aromatic amines is 1. The third-order valence-electron chi connectivity index (χ3n) is 3.70. The molecule has 0 saturated heterocycles. The molecule has 3 aromatic heterocycles. The fourth-order valence-electron chi connectivity index (χ4n) is 2.48. The predicted molar refractivity (Wildman–Crippen MR) is 102 cm³/mol. The number of fused-ring (bicyclic) bond motifs is 1. The molecule has 3 aromatic rings. The number of halogens is 3. The molecule has 0 aliphatic heterocycles. The predicted octanol–water partition coefficient (Wildman–Crippen LogP) is 3.28. The van der Waals surface area contributed by atoms with Crippen molar-refractivity contribution in [1.29, 1.82) is 0 Å². The Kier molecular flexibility index (Phi) is 5.59. The van der Waals surface area contributed by atoms with Crippen LogP contribution < -0.4 is 10.9 Å². The molecule has 9 nitrogen and oxygen atoms in total. The Labute approximate surface area is 171 Å². The lowest BCUT2D eigenvalue weighted by Gasteiger charge is -2.07. The molecule has 0 fully saturated rings. The van der Waals surface area contributed by atoms with E-state index in [4.69, 9.17) is 44.0 Å². The number of aryl methyl sites for hydroxylation is 2. The van der Waals surface area contributed by atoms with Crippen molar-refractivity contribution in [2.24, 2.45) is 0 Å². The third-order valence-corrected chi connectivity index (χ3v) is 4.94. The SMILES string of the molecule is Cc1n[nH]c(=O)c2c(NC(=O)COC(=O)c3ncc(Cl)c(Cl)c3Cl)oc(C)c12. The number of ether oxygens (including phenoxy) is 1. The van der Waals surface area contributed by atoms with Crippen LogP contribution in [-0.2, 0) is 9.53 Å². The van der Waals surface area contributed by atoms with Crippen LogP contribution in [0.3, 0.4) is 0 Å². The van der Waals surface area contributed by atoms with Crippen LogP contribution in [0.25, 0.3) is 10.8 Å². The minimum atomic E-state index is -0.975. The molecule has 0 unspecified atom stereocenters. The summed E-state index contributed by atoms with van der Waals surface area (Å²) in [6.45, 7) is 2.63. The van der Waals surface area contributed by atoms with Crippen molar-refractivity contribution in [2.45, 2.75) is 13.8 Å². The Morgan fingerprint density at radius 2 is 1.93 bits per heavy atom. The van der Waals surface area contributed by atoms with E-state index in [-0.39, 0.29) is 32.0 Å². The minimum Gasteiger partial charge on any atom is -0.451 e. The van der Waals surface area contributed by atoms with Crippen molar-refractivity contribution >= 4 is 63.3 Å². The van der Waals surface area contributed by atoms with E-state index in [2.05, 4.69) is 20.5 Å². The largest absolute Gasteiger partial charge is 0.451 e. The number of hydrogen-bond acceptors (Lipinski definition) is 7. The Morgan fingerprint density at radius 1 is 1.21 bits per heavy atom. The number of nitrogens with zero attached hydrogens (tertiary/aromatic N) is 2. The highest BCUT2D eigenvalue weighted by molar-refractivity contribution is 6.48. The molecule has 0 saturated carbocycles. The van der Waals surface area contributed by atoms with Crippen LogP contribution in [0.4, 0.5) is 5.88 Å². The summed E-state index contributed by atoms with van der Waals surface area (Å²) in [5.74, 6) is -1.39. The van der Waals surface area contributed by atoms with E-state index in [1.54, 1.807) is 13.8 Å². The van der Waals surface area contributed by atoms with Crippen LogP contribution in [-0.4, -0.2) is 33.7 Å². The van der Waals surface area contributed by atoms with Crippen molar-refractivity contribution in [3.05, 3.63) is 48.8 Å². The number of hydrogen-bond donors (Lipinski definition) is 2. The average Bonchev–Trinajstić information content (AvgIpc) is 2.98. The molecule has 0 radical (unpaired) electrons. The Bertz CT molecular complexity index is 1170. The maximum Gasteiger partial charge on any atom is 0.359 e. The number of anilines is 1. The smallest absolute Gasteiger partial charge is 0.359 e. The average molecular weight is 446 g/mol. The Balaban J connectivity index is 1.75. The first-order valence-electron chi connectivity index (χ1n) is 7.65. The Morgan fingerprint density at radius 3 is 2.64 bits per heavy atom. The van der Waals surface area contributed by atoms with Gasteiger partial charge in [0.2, 0.25) is 5.88 Å². The second-order valence-electron chi connectivity index (χ2n) is 5.58. The van der Waals surface area contributed by atoms with Gasteiger partial charge in [-0.1, -0.05) is 34.8 Å². The molecule has 0 spiro atoms. The third kappa shape index (κ3) is 3.68. The van der Waals surface area contributed by atoms with Crippen LogP contribution in [0, 0.1) is 13.8 Å². The Hall–Kier alpha value is -2.62. The number of esters is 1. The number of furan rings is 1. The van der Waals surface area contributed by atoms with E-state index in [0.29, 0.717) is 16.8 Å². The maximum absolute atomic E-state index is 12.1. The van der Waals surface area contributed by atoms with Crippen LogP contribution in [0.15, 0.2) is 15.4 Å². The first kappa shape index (κ1) is 20.1. The zero-order valence-corrected chi connectivity index (χ0v) is 16.6. The molecular formula is C16H11Cl3N4O5. The number of carbonyl (C=O) groups excluding carboxylic acids is 2.